The minimum atomic E-state index is 0.0963. The Morgan fingerprint density at radius 2 is 2.29 bits per heavy atom. The summed E-state index contributed by atoms with van der Waals surface area (Å²) in [5.41, 5.74) is 0. The molecule has 1 heterocycles. The minimum Gasteiger partial charge on any atom is -0.373 e. The van der Waals surface area contributed by atoms with Crippen LogP contribution in [0.4, 0.5) is 0 Å². The van der Waals surface area contributed by atoms with Gasteiger partial charge in [-0.15, -0.1) is 11.3 Å². The Labute approximate surface area is 106 Å². The molecule has 2 atom stereocenters. The Balaban J connectivity index is 1.72. The first-order chi connectivity index (χ1) is 8.27. The summed E-state index contributed by atoms with van der Waals surface area (Å²) in [6.45, 7) is 3.16. The van der Waals surface area contributed by atoms with Gasteiger partial charge in [0.2, 0.25) is 0 Å². The van der Waals surface area contributed by atoms with Crippen LogP contribution in [0, 0.1) is 11.8 Å². The van der Waals surface area contributed by atoms with Gasteiger partial charge in [-0.3, -0.25) is 4.79 Å². The molecular weight excluding hydrogens is 232 g/mol. The summed E-state index contributed by atoms with van der Waals surface area (Å²) >= 11 is 1.48. The maximum Gasteiger partial charge on any atom is 0.198 e. The minimum absolute atomic E-state index is 0.0963. The topological polar surface area (TPSA) is 26.3 Å². The van der Waals surface area contributed by atoms with Crippen molar-refractivity contribution in [2.75, 3.05) is 13.2 Å². The molecule has 1 aliphatic carbocycles. The monoisotopic (exact) mass is 250 g/mol. The summed E-state index contributed by atoms with van der Waals surface area (Å²) in [5.74, 6) is 1.33. The molecule has 0 bridgehead atoms. The van der Waals surface area contributed by atoms with E-state index in [0.29, 0.717) is 18.4 Å². The van der Waals surface area contributed by atoms with E-state index in [4.69, 9.17) is 4.74 Å². The van der Waals surface area contributed by atoms with Crippen molar-refractivity contribution in [3.05, 3.63) is 34.5 Å². The van der Waals surface area contributed by atoms with E-state index >= 15 is 0 Å². The Morgan fingerprint density at radius 1 is 1.47 bits per heavy atom. The lowest BCUT2D eigenvalue weighted by Gasteiger charge is -2.24. The predicted octanol–water partition coefficient (Wildman–Crippen LogP) is 3.55. The van der Waals surface area contributed by atoms with Gasteiger partial charge in [0, 0.05) is 0 Å². The highest BCUT2D eigenvalue weighted by Gasteiger charge is 2.18. The Hall–Kier alpha value is -0.930. The highest BCUT2D eigenvalue weighted by atomic mass is 32.1. The van der Waals surface area contributed by atoms with Gasteiger partial charge in [-0.25, -0.2) is 0 Å². The second-order valence-electron chi connectivity index (χ2n) is 4.60. The summed E-state index contributed by atoms with van der Waals surface area (Å²) in [6, 6.07) is 3.74. The number of carbonyl (C=O) groups is 1. The van der Waals surface area contributed by atoms with Gasteiger partial charge in [-0.05, 0) is 36.1 Å². The Bertz CT molecular complexity index is 381. The zero-order valence-electron chi connectivity index (χ0n) is 10.1. The maximum absolute atomic E-state index is 11.7. The summed E-state index contributed by atoms with van der Waals surface area (Å²) in [7, 11) is 0. The van der Waals surface area contributed by atoms with Crippen LogP contribution in [0.2, 0.25) is 0 Å². The van der Waals surface area contributed by atoms with Crippen molar-refractivity contribution in [2.45, 2.75) is 19.8 Å². The first-order valence-electron chi connectivity index (χ1n) is 6.07. The zero-order valence-corrected chi connectivity index (χ0v) is 10.9. The third kappa shape index (κ3) is 3.51. The largest absolute Gasteiger partial charge is 0.373 e. The molecule has 0 N–H and O–H groups in total. The summed E-state index contributed by atoms with van der Waals surface area (Å²) in [6.07, 6.45) is 6.66. The van der Waals surface area contributed by atoms with Crippen LogP contribution in [0.5, 0.6) is 0 Å². The van der Waals surface area contributed by atoms with E-state index in [0.717, 1.165) is 17.7 Å². The molecule has 0 fully saturated rings. The normalized spacial score (nSPS) is 23.8. The Morgan fingerprint density at radius 3 is 3.00 bits per heavy atom. The quantitative estimate of drug-likeness (QED) is 0.590. The van der Waals surface area contributed by atoms with Gasteiger partial charge in [-0.2, -0.15) is 0 Å². The predicted molar refractivity (Wildman–Crippen MR) is 70.5 cm³/mol. The van der Waals surface area contributed by atoms with Crippen LogP contribution in [0.15, 0.2) is 29.7 Å². The number of ketones is 1. The number of allylic oxidation sites excluding steroid dienone is 2. The number of hydrogen-bond donors (Lipinski definition) is 0. The van der Waals surface area contributed by atoms with Crippen molar-refractivity contribution < 1.29 is 9.53 Å². The van der Waals surface area contributed by atoms with Crippen LogP contribution in [0.3, 0.4) is 0 Å². The first-order valence-corrected chi connectivity index (χ1v) is 6.95. The molecule has 2 rings (SSSR count). The van der Waals surface area contributed by atoms with Crippen molar-refractivity contribution >= 4 is 17.1 Å². The summed E-state index contributed by atoms with van der Waals surface area (Å²) < 4.78 is 5.55. The van der Waals surface area contributed by atoms with Crippen molar-refractivity contribution in [1.29, 1.82) is 0 Å². The van der Waals surface area contributed by atoms with Crippen molar-refractivity contribution in [3.63, 3.8) is 0 Å². The molecule has 17 heavy (non-hydrogen) atoms. The number of rotatable bonds is 5. The molecule has 0 aliphatic heterocycles. The third-order valence-corrected chi connectivity index (χ3v) is 4.19. The second kappa shape index (κ2) is 6.12. The molecule has 0 spiro atoms. The average Bonchev–Trinajstić information content (AvgIpc) is 2.85. The van der Waals surface area contributed by atoms with Crippen LogP contribution >= 0.6 is 11.3 Å². The molecule has 0 radical (unpaired) electrons. The summed E-state index contributed by atoms with van der Waals surface area (Å²) in [4.78, 5) is 12.5. The van der Waals surface area contributed by atoms with Crippen molar-refractivity contribution in [3.8, 4) is 0 Å². The van der Waals surface area contributed by atoms with Gasteiger partial charge in [0.1, 0.15) is 6.61 Å². The molecule has 1 aromatic heterocycles. The zero-order chi connectivity index (χ0) is 12.1. The lowest BCUT2D eigenvalue weighted by Crippen LogP contribution is -2.21. The lowest BCUT2D eigenvalue weighted by atomic mass is 9.85. The van der Waals surface area contributed by atoms with E-state index < -0.39 is 0 Å². The van der Waals surface area contributed by atoms with Gasteiger partial charge < -0.3 is 4.74 Å². The fraction of sp³-hybridized carbons (Fsp3) is 0.500. The van der Waals surface area contributed by atoms with E-state index in [1.165, 1.54) is 11.3 Å². The van der Waals surface area contributed by atoms with Crippen molar-refractivity contribution in [1.82, 2.24) is 0 Å². The van der Waals surface area contributed by atoms with E-state index in [1.54, 1.807) is 0 Å². The number of carbonyl (C=O) groups excluding carboxylic acids is 1. The molecular formula is C14H18O2S. The highest BCUT2D eigenvalue weighted by molar-refractivity contribution is 7.12. The maximum atomic E-state index is 11.7. The molecule has 1 aliphatic rings. The fourth-order valence-corrected chi connectivity index (χ4v) is 2.70. The standard InChI is InChI=1S/C14H18O2S/c1-11-5-2-3-6-12(11)9-16-10-13(15)14-7-4-8-17-14/h2-4,7-8,11-12H,5-6,9-10H2,1H3. The van der Waals surface area contributed by atoms with Gasteiger partial charge >= 0.3 is 0 Å². The molecule has 92 valence electrons. The molecule has 0 aromatic carbocycles. The van der Waals surface area contributed by atoms with Crippen LogP contribution in [-0.2, 0) is 4.74 Å². The molecule has 2 nitrogen and oxygen atoms in total. The molecule has 1 aromatic rings. The SMILES string of the molecule is CC1CC=CCC1COCC(=O)c1cccs1. The molecule has 2 unspecified atom stereocenters. The molecule has 0 saturated heterocycles. The average molecular weight is 250 g/mol. The number of ether oxygens (including phenoxy) is 1. The van der Waals surface area contributed by atoms with E-state index in [2.05, 4.69) is 19.1 Å². The van der Waals surface area contributed by atoms with E-state index in [-0.39, 0.29) is 12.4 Å². The smallest absolute Gasteiger partial charge is 0.198 e. The molecule has 0 saturated carbocycles. The molecule has 3 heteroatoms. The van der Waals surface area contributed by atoms with Crippen molar-refractivity contribution in [2.24, 2.45) is 11.8 Å². The number of thiophene rings is 1. The van der Waals surface area contributed by atoms with E-state index in [1.807, 2.05) is 17.5 Å². The van der Waals surface area contributed by atoms with E-state index in [9.17, 15) is 4.79 Å². The van der Waals surface area contributed by atoms with Crippen LogP contribution in [-0.4, -0.2) is 19.0 Å². The van der Waals surface area contributed by atoms with Crippen LogP contribution in [0.25, 0.3) is 0 Å². The second-order valence-corrected chi connectivity index (χ2v) is 5.54. The van der Waals surface area contributed by atoms with Crippen LogP contribution < -0.4 is 0 Å². The Kier molecular flexibility index (Phi) is 4.51. The third-order valence-electron chi connectivity index (χ3n) is 3.28. The first kappa shape index (κ1) is 12.5. The summed E-state index contributed by atoms with van der Waals surface area (Å²) in [5, 5.41) is 1.92. The lowest BCUT2D eigenvalue weighted by molar-refractivity contribution is 0.0606. The van der Waals surface area contributed by atoms with Gasteiger partial charge in [0.25, 0.3) is 0 Å². The van der Waals surface area contributed by atoms with Gasteiger partial charge in [0.05, 0.1) is 11.5 Å². The van der Waals surface area contributed by atoms with Gasteiger partial charge in [0.15, 0.2) is 5.78 Å². The highest BCUT2D eigenvalue weighted by Crippen LogP contribution is 2.25. The number of hydrogen-bond acceptors (Lipinski definition) is 3. The van der Waals surface area contributed by atoms with Crippen LogP contribution in [0.1, 0.15) is 29.4 Å². The number of Topliss-reactive ketones (excluding diaryl/α,β-unsaturated/α-hetero) is 1. The van der Waals surface area contributed by atoms with Gasteiger partial charge in [-0.1, -0.05) is 25.1 Å². The fourth-order valence-electron chi connectivity index (χ4n) is 2.05. The molecule has 0 amide bonds.